The molecule has 0 amide bonds. The Morgan fingerprint density at radius 3 is 2.50 bits per heavy atom. The van der Waals surface area contributed by atoms with Crippen LogP contribution in [-0.4, -0.2) is 22.2 Å². The van der Waals surface area contributed by atoms with E-state index in [-0.39, 0.29) is 11.7 Å². The zero-order chi connectivity index (χ0) is 13.2. The van der Waals surface area contributed by atoms with E-state index in [4.69, 9.17) is 22.3 Å². The molecule has 0 unspecified atom stereocenters. The summed E-state index contributed by atoms with van der Waals surface area (Å²) in [5.41, 5.74) is 11.2. The number of nitrogens with one attached hydrogen (secondary N) is 3. The molecule has 0 saturated heterocycles. The van der Waals surface area contributed by atoms with Gasteiger partial charge in [-0.3, -0.25) is 15.8 Å². The molecule has 18 heavy (non-hydrogen) atoms. The third kappa shape index (κ3) is 1.84. The highest BCUT2D eigenvalue weighted by atomic mass is 15.1. The number of nitrogens with zero attached hydrogens (tertiary/aromatic N) is 1. The van der Waals surface area contributed by atoms with E-state index in [0.717, 1.165) is 0 Å². The highest BCUT2D eigenvalue weighted by Crippen LogP contribution is 2.20. The summed E-state index contributed by atoms with van der Waals surface area (Å²) in [7, 11) is 0. The van der Waals surface area contributed by atoms with Crippen molar-refractivity contribution in [2.75, 3.05) is 0 Å². The Morgan fingerprint density at radius 2 is 1.94 bits per heavy atom. The van der Waals surface area contributed by atoms with Crippen LogP contribution < -0.4 is 16.8 Å². The summed E-state index contributed by atoms with van der Waals surface area (Å²) < 4.78 is 0. The van der Waals surface area contributed by atoms with Crippen LogP contribution >= 0.6 is 0 Å². The van der Waals surface area contributed by atoms with Crippen LogP contribution in [0.1, 0.15) is 5.69 Å². The summed E-state index contributed by atoms with van der Waals surface area (Å²) in [5, 5.41) is 18.2. The summed E-state index contributed by atoms with van der Waals surface area (Å²) in [4.78, 5) is 4.20. The van der Waals surface area contributed by atoms with Crippen molar-refractivity contribution in [3.8, 4) is 0 Å². The van der Waals surface area contributed by atoms with Crippen molar-refractivity contribution in [1.29, 1.82) is 10.8 Å². The van der Waals surface area contributed by atoms with Crippen LogP contribution in [0.4, 0.5) is 0 Å². The molecule has 0 aliphatic carbocycles. The minimum Gasteiger partial charge on any atom is -0.385 e. The van der Waals surface area contributed by atoms with Gasteiger partial charge in [0.1, 0.15) is 11.7 Å². The number of allylic oxidation sites excluding steroid dienone is 2. The lowest BCUT2D eigenvalue weighted by molar-refractivity contribution is 0.746. The van der Waals surface area contributed by atoms with Crippen molar-refractivity contribution in [1.82, 2.24) is 10.3 Å². The van der Waals surface area contributed by atoms with Gasteiger partial charge in [-0.25, -0.2) is 0 Å². The highest BCUT2D eigenvalue weighted by molar-refractivity contribution is 6.14. The third-order valence-electron chi connectivity index (χ3n) is 2.73. The molecule has 2 rings (SSSR count). The Bertz CT molecular complexity index is 529. The maximum Gasteiger partial charge on any atom is 0.171 e. The summed E-state index contributed by atoms with van der Waals surface area (Å²) in [6.45, 7) is 0. The molecule has 6 nitrogen and oxygen atoms in total. The van der Waals surface area contributed by atoms with Gasteiger partial charge in [-0.2, -0.15) is 0 Å². The first-order valence-corrected chi connectivity index (χ1v) is 5.34. The van der Waals surface area contributed by atoms with Gasteiger partial charge in [-0.05, 0) is 24.3 Å². The molecule has 0 aromatic carbocycles. The van der Waals surface area contributed by atoms with Crippen molar-refractivity contribution >= 4 is 17.4 Å². The molecule has 1 aromatic rings. The first-order valence-electron chi connectivity index (χ1n) is 5.34. The zero-order valence-corrected chi connectivity index (χ0v) is 9.64. The predicted octanol–water partition coefficient (Wildman–Crippen LogP) is 0.193. The Balaban J connectivity index is 2.40. The topological polar surface area (TPSA) is 125 Å². The zero-order valence-electron chi connectivity index (χ0n) is 9.64. The van der Waals surface area contributed by atoms with Crippen LogP contribution in [-0.2, 0) is 0 Å². The molecule has 1 aromatic heterocycles. The molecule has 0 bridgehead atoms. The van der Waals surface area contributed by atoms with Crippen LogP contribution in [0.25, 0.3) is 5.70 Å². The normalized spacial score (nSPS) is 21.9. The number of dihydropyridines is 1. The van der Waals surface area contributed by atoms with Crippen molar-refractivity contribution in [2.45, 2.75) is 5.54 Å². The molecule has 0 fully saturated rings. The average Bonchev–Trinajstić information content (AvgIpc) is 2.39. The second kappa shape index (κ2) is 4.33. The molecule has 6 heteroatoms. The SMILES string of the molecule is N=C(N)C1(C(=N)N)C=CC=C(c2ccccn2)N1. The molecule has 0 saturated carbocycles. The van der Waals surface area contributed by atoms with Crippen molar-refractivity contribution in [3.63, 3.8) is 0 Å². The first kappa shape index (κ1) is 11.8. The Hall–Kier alpha value is -2.63. The van der Waals surface area contributed by atoms with Gasteiger partial charge in [0, 0.05) is 6.20 Å². The van der Waals surface area contributed by atoms with Crippen LogP contribution in [0.3, 0.4) is 0 Å². The molecule has 7 N–H and O–H groups in total. The van der Waals surface area contributed by atoms with Gasteiger partial charge in [0.15, 0.2) is 5.54 Å². The minimum atomic E-state index is -1.26. The standard InChI is InChI=1S/C12H14N6/c13-10(14)12(11(15)16)6-3-5-9(18-12)8-4-1-2-7-17-8/h1-7,18H,(H3,13,14)(H3,15,16). The van der Waals surface area contributed by atoms with Crippen LogP contribution in [0.5, 0.6) is 0 Å². The third-order valence-corrected chi connectivity index (χ3v) is 2.73. The van der Waals surface area contributed by atoms with Crippen LogP contribution in [0.15, 0.2) is 42.6 Å². The quantitative estimate of drug-likeness (QED) is 0.383. The highest BCUT2D eigenvalue weighted by Gasteiger charge is 2.37. The van der Waals surface area contributed by atoms with Gasteiger partial charge in [0.25, 0.3) is 0 Å². The summed E-state index contributed by atoms with van der Waals surface area (Å²) in [6.07, 6.45) is 6.76. The van der Waals surface area contributed by atoms with E-state index >= 15 is 0 Å². The van der Waals surface area contributed by atoms with Gasteiger partial charge >= 0.3 is 0 Å². The number of nitrogens with two attached hydrogens (primary N) is 2. The monoisotopic (exact) mass is 242 g/mol. The van der Waals surface area contributed by atoms with Gasteiger partial charge in [0.05, 0.1) is 11.4 Å². The minimum absolute atomic E-state index is 0.229. The van der Waals surface area contributed by atoms with Crippen molar-refractivity contribution in [2.24, 2.45) is 11.5 Å². The van der Waals surface area contributed by atoms with Gasteiger partial charge in [-0.1, -0.05) is 12.1 Å². The molecule has 0 radical (unpaired) electrons. The maximum absolute atomic E-state index is 7.62. The fourth-order valence-corrected chi connectivity index (χ4v) is 1.72. The van der Waals surface area contributed by atoms with Crippen LogP contribution in [0.2, 0.25) is 0 Å². The molecular weight excluding hydrogens is 228 g/mol. The molecule has 0 spiro atoms. The second-order valence-corrected chi connectivity index (χ2v) is 3.91. The summed E-state index contributed by atoms with van der Waals surface area (Å²) in [6, 6.07) is 5.49. The number of hydrogen-bond donors (Lipinski definition) is 5. The number of amidine groups is 2. The molecular formula is C12H14N6. The lowest BCUT2D eigenvalue weighted by atomic mass is 9.92. The van der Waals surface area contributed by atoms with E-state index in [1.165, 1.54) is 0 Å². The van der Waals surface area contributed by atoms with E-state index < -0.39 is 5.54 Å². The van der Waals surface area contributed by atoms with E-state index in [9.17, 15) is 0 Å². The number of hydrogen-bond acceptors (Lipinski definition) is 4. The first-order chi connectivity index (χ1) is 8.56. The summed E-state index contributed by atoms with van der Waals surface area (Å²) in [5.74, 6) is -0.458. The molecule has 2 heterocycles. The average molecular weight is 242 g/mol. The van der Waals surface area contributed by atoms with Crippen molar-refractivity contribution < 1.29 is 0 Å². The van der Waals surface area contributed by atoms with Gasteiger partial charge in [-0.15, -0.1) is 0 Å². The molecule has 0 atom stereocenters. The smallest absolute Gasteiger partial charge is 0.171 e. The lowest BCUT2D eigenvalue weighted by Crippen LogP contribution is -2.61. The fraction of sp³-hybridized carbons (Fsp3) is 0.0833. The lowest BCUT2D eigenvalue weighted by Gasteiger charge is -2.33. The van der Waals surface area contributed by atoms with E-state index in [1.807, 2.05) is 18.2 Å². The van der Waals surface area contributed by atoms with E-state index in [2.05, 4.69) is 10.3 Å². The number of aromatic nitrogens is 1. The summed E-state index contributed by atoms with van der Waals surface area (Å²) >= 11 is 0. The van der Waals surface area contributed by atoms with Gasteiger partial charge in [0.2, 0.25) is 0 Å². The largest absolute Gasteiger partial charge is 0.385 e. The molecule has 1 aliphatic heterocycles. The van der Waals surface area contributed by atoms with Crippen molar-refractivity contribution in [3.05, 3.63) is 48.3 Å². The number of rotatable bonds is 3. The van der Waals surface area contributed by atoms with E-state index in [1.54, 1.807) is 24.4 Å². The Kier molecular flexibility index (Phi) is 2.85. The predicted molar refractivity (Wildman–Crippen MR) is 71.0 cm³/mol. The maximum atomic E-state index is 7.62. The Labute approximate surface area is 104 Å². The second-order valence-electron chi connectivity index (χ2n) is 3.91. The molecule has 92 valence electrons. The fourth-order valence-electron chi connectivity index (χ4n) is 1.72. The van der Waals surface area contributed by atoms with Crippen LogP contribution in [0, 0.1) is 10.8 Å². The Morgan fingerprint density at radius 1 is 1.22 bits per heavy atom. The van der Waals surface area contributed by atoms with Gasteiger partial charge < -0.3 is 16.8 Å². The van der Waals surface area contributed by atoms with E-state index in [0.29, 0.717) is 11.4 Å². The molecule has 1 aliphatic rings. The number of pyridine rings is 1.